The number of benzene rings is 2. The van der Waals surface area contributed by atoms with Crippen molar-refractivity contribution in [2.24, 2.45) is 0 Å². The molecule has 2 bridgehead atoms. The lowest BCUT2D eigenvalue weighted by Gasteiger charge is -2.44. The van der Waals surface area contributed by atoms with E-state index in [4.69, 9.17) is 4.74 Å². The highest BCUT2D eigenvalue weighted by Crippen LogP contribution is 2.44. The summed E-state index contributed by atoms with van der Waals surface area (Å²) >= 11 is 0. The molecule has 3 heterocycles. The Balaban J connectivity index is 1.43. The second-order valence-corrected chi connectivity index (χ2v) is 11.2. The number of methoxy groups -OCH3 is 1. The van der Waals surface area contributed by atoms with E-state index in [-0.39, 0.29) is 12.2 Å². The third kappa shape index (κ3) is 5.44. The van der Waals surface area contributed by atoms with Crippen LogP contribution in [0.1, 0.15) is 17.9 Å². The van der Waals surface area contributed by atoms with E-state index >= 15 is 0 Å². The second-order valence-electron chi connectivity index (χ2n) is 11.2. The number of para-hydroxylation sites is 1. The van der Waals surface area contributed by atoms with Crippen molar-refractivity contribution in [1.29, 1.82) is 0 Å². The molecule has 5 rings (SSSR count). The van der Waals surface area contributed by atoms with Crippen LogP contribution in [0.5, 0.6) is 5.75 Å². The van der Waals surface area contributed by atoms with Gasteiger partial charge in [-0.2, -0.15) is 0 Å². The Kier molecular flexibility index (Phi) is 8.02. The molecule has 0 saturated carbocycles. The van der Waals surface area contributed by atoms with E-state index in [0.717, 1.165) is 68.5 Å². The Hall–Kier alpha value is -3.27. The van der Waals surface area contributed by atoms with E-state index in [1.165, 1.54) is 17.3 Å². The van der Waals surface area contributed by atoms with Gasteiger partial charge in [0.05, 0.1) is 24.2 Å². The maximum Gasteiger partial charge on any atom is 0.247 e. The maximum atomic E-state index is 12.4. The standard InChI is InChI=1S/C30H43N7O2/c1-7-29(38)31-23-18-24(28(39-6)19-27(23)34(4)15-14-33(2)3)32-30-36-13-12-26(37(30)17-16-36)22-20-35(5)25-11-9-8-10-21(22)25/h7-11,18-19,22,26,30,32H,1,12-17,20H2,2-6H3,(H,31,38). The number of ether oxygens (including phenoxy) is 1. The fraction of sp³-hybridized carbons (Fsp3) is 0.500. The minimum Gasteiger partial charge on any atom is -0.495 e. The first-order chi connectivity index (χ1) is 18.8. The van der Waals surface area contributed by atoms with Gasteiger partial charge >= 0.3 is 0 Å². The van der Waals surface area contributed by atoms with E-state index < -0.39 is 0 Å². The van der Waals surface area contributed by atoms with Crippen LogP contribution in [0.4, 0.5) is 22.7 Å². The number of likely N-dealkylation sites (N-methyl/N-ethyl adjacent to an activating group) is 3. The van der Waals surface area contributed by atoms with Crippen LogP contribution in [0.15, 0.2) is 49.1 Å². The van der Waals surface area contributed by atoms with Gasteiger partial charge in [-0.25, -0.2) is 0 Å². The number of carbonyl (C=O) groups is 1. The Labute approximate surface area is 233 Å². The fourth-order valence-electron chi connectivity index (χ4n) is 6.38. The number of nitrogens with zero attached hydrogens (tertiary/aromatic N) is 5. The van der Waals surface area contributed by atoms with Crippen molar-refractivity contribution in [1.82, 2.24) is 14.7 Å². The number of anilines is 4. The van der Waals surface area contributed by atoms with Gasteiger partial charge in [-0.3, -0.25) is 14.6 Å². The lowest BCUT2D eigenvalue weighted by atomic mass is 9.89. The number of hydrogen-bond acceptors (Lipinski definition) is 8. The monoisotopic (exact) mass is 533 g/mol. The van der Waals surface area contributed by atoms with Gasteiger partial charge in [0.2, 0.25) is 5.91 Å². The van der Waals surface area contributed by atoms with Crippen molar-refractivity contribution in [3.8, 4) is 5.75 Å². The van der Waals surface area contributed by atoms with Crippen LogP contribution in [0.3, 0.4) is 0 Å². The summed E-state index contributed by atoms with van der Waals surface area (Å²) in [5.41, 5.74) is 5.33. The summed E-state index contributed by atoms with van der Waals surface area (Å²) in [7, 11) is 10.1. The summed E-state index contributed by atoms with van der Waals surface area (Å²) in [6.45, 7) is 9.50. The van der Waals surface area contributed by atoms with Gasteiger partial charge in [-0.15, -0.1) is 0 Å². The van der Waals surface area contributed by atoms with Crippen LogP contribution in [0.25, 0.3) is 0 Å². The third-order valence-electron chi connectivity index (χ3n) is 8.47. The first-order valence-corrected chi connectivity index (χ1v) is 13.9. The summed E-state index contributed by atoms with van der Waals surface area (Å²) in [5.74, 6) is 1.00. The van der Waals surface area contributed by atoms with Gasteiger partial charge in [0.15, 0.2) is 0 Å². The van der Waals surface area contributed by atoms with Gasteiger partial charge in [0, 0.05) is 77.1 Å². The first-order valence-electron chi connectivity index (χ1n) is 13.9. The zero-order valence-electron chi connectivity index (χ0n) is 24.0. The lowest BCUT2D eigenvalue weighted by Crippen LogP contribution is -2.56. The Morgan fingerprint density at radius 1 is 1.13 bits per heavy atom. The van der Waals surface area contributed by atoms with Crippen molar-refractivity contribution in [3.63, 3.8) is 0 Å². The van der Waals surface area contributed by atoms with Crippen LogP contribution >= 0.6 is 0 Å². The van der Waals surface area contributed by atoms with Crippen molar-refractivity contribution in [2.75, 3.05) is 95.0 Å². The number of nitrogens with one attached hydrogen (secondary N) is 2. The molecule has 2 saturated heterocycles. The number of carbonyl (C=O) groups excluding carboxylic acids is 1. The van der Waals surface area contributed by atoms with Gasteiger partial charge in [-0.1, -0.05) is 24.8 Å². The average molecular weight is 534 g/mol. The second kappa shape index (κ2) is 11.5. The fourth-order valence-corrected chi connectivity index (χ4v) is 6.38. The largest absolute Gasteiger partial charge is 0.495 e. The predicted octanol–water partition coefficient (Wildman–Crippen LogP) is 3.14. The molecule has 2 fully saturated rings. The average Bonchev–Trinajstić information content (AvgIpc) is 3.40. The van der Waals surface area contributed by atoms with E-state index in [0.29, 0.717) is 12.0 Å². The molecule has 5 atom stereocenters. The first kappa shape index (κ1) is 27.3. The van der Waals surface area contributed by atoms with E-state index in [2.05, 4.69) is 87.1 Å². The highest BCUT2D eigenvalue weighted by molar-refractivity contribution is 6.02. The SMILES string of the molecule is C=CC(=O)Nc1cc(NC2N3CCC(C4CN(C)c5ccccc54)N2CC3)c(OC)cc1N(C)CCN(C)C. The molecule has 39 heavy (non-hydrogen) atoms. The molecule has 210 valence electrons. The van der Waals surface area contributed by atoms with Crippen LogP contribution < -0.4 is 25.2 Å². The smallest absolute Gasteiger partial charge is 0.247 e. The minimum atomic E-state index is -0.234. The zero-order valence-corrected chi connectivity index (χ0v) is 24.0. The zero-order chi connectivity index (χ0) is 27.7. The van der Waals surface area contributed by atoms with Crippen LogP contribution in [-0.2, 0) is 4.79 Å². The molecule has 2 aromatic carbocycles. The van der Waals surface area contributed by atoms with Crippen LogP contribution in [0, 0.1) is 0 Å². The number of hydrogen-bond donors (Lipinski definition) is 2. The molecule has 3 aliphatic heterocycles. The predicted molar refractivity (Wildman–Crippen MR) is 160 cm³/mol. The molecule has 2 N–H and O–H groups in total. The molecule has 9 nitrogen and oxygen atoms in total. The molecule has 0 spiro atoms. The molecule has 2 aromatic rings. The summed E-state index contributed by atoms with van der Waals surface area (Å²) in [6, 6.07) is 13.3. The highest BCUT2D eigenvalue weighted by atomic mass is 16.5. The summed E-state index contributed by atoms with van der Waals surface area (Å²) in [6.07, 6.45) is 2.52. The molecular formula is C30H43N7O2. The number of fused-ring (bicyclic) bond motifs is 3. The minimum absolute atomic E-state index is 0.0657. The van der Waals surface area contributed by atoms with Crippen molar-refractivity contribution in [3.05, 3.63) is 54.6 Å². The quantitative estimate of drug-likeness (QED) is 0.452. The third-order valence-corrected chi connectivity index (χ3v) is 8.47. The molecule has 9 heteroatoms. The number of amides is 1. The molecule has 5 unspecified atom stereocenters. The normalized spacial score (nSPS) is 25.4. The van der Waals surface area contributed by atoms with Crippen molar-refractivity contribution < 1.29 is 9.53 Å². The van der Waals surface area contributed by atoms with E-state index in [1.54, 1.807) is 7.11 Å². The Bertz CT molecular complexity index is 1200. The molecule has 1 amide bonds. The lowest BCUT2D eigenvalue weighted by molar-refractivity contribution is -0.111. The van der Waals surface area contributed by atoms with Crippen molar-refractivity contribution in [2.45, 2.75) is 24.7 Å². The van der Waals surface area contributed by atoms with E-state index in [9.17, 15) is 4.79 Å². The molecule has 3 aliphatic rings. The summed E-state index contributed by atoms with van der Waals surface area (Å²) in [4.78, 5) is 24.2. The van der Waals surface area contributed by atoms with Gasteiger partial charge in [0.1, 0.15) is 12.0 Å². The van der Waals surface area contributed by atoms with E-state index in [1.807, 2.05) is 19.2 Å². The Morgan fingerprint density at radius 2 is 1.92 bits per heavy atom. The van der Waals surface area contributed by atoms with Gasteiger partial charge in [0.25, 0.3) is 0 Å². The maximum absolute atomic E-state index is 12.4. The molecular weight excluding hydrogens is 490 g/mol. The summed E-state index contributed by atoms with van der Waals surface area (Å²) < 4.78 is 5.89. The van der Waals surface area contributed by atoms with Gasteiger partial charge in [-0.05, 0) is 44.3 Å². The Morgan fingerprint density at radius 3 is 2.67 bits per heavy atom. The molecule has 0 radical (unpaired) electrons. The van der Waals surface area contributed by atoms with Crippen LogP contribution in [-0.4, -0.2) is 108 Å². The molecule has 0 aliphatic carbocycles. The van der Waals surface area contributed by atoms with Crippen molar-refractivity contribution >= 4 is 28.7 Å². The summed E-state index contributed by atoms with van der Waals surface area (Å²) in [5, 5.41) is 6.83. The molecule has 0 aromatic heterocycles. The number of rotatable bonds is 10. The van der Waals surface area contributed by atoms with Crippen LogP contribution in [0.2, 0.25) is 0 Å². The topological polar surface area (TPSA) is 66.6 Å². The van der Waals surface area contributed by atoms with Gasteiger partial charge < -0.3 is 30.1 Å². The highest BCUT2D eigenvalue weighted by Gasteiger charge is 2.46.